The Morgan fingerprint density at radius 1 is 1.82 bits per heavy atom. The average molecular weight is 154 g/mol. The first-order valence-electron chi connectivity index (χ1n) is 3.28. The molecule has 1 aliphatic rings. The molecule has 5 heteroatoms. The number of rotatable bonds is 1. The minimum absolute atomic E-state index is 0.105. The van der Waals surface area contributed by atoms with E-state index < -0.39 is 0 Å². The van der Waals surface area contributed by atoms with Crippen molar-refractivity contribution in [2.45, 2.75) is 13.8 Å². The highest BCUT2D eigenvalue weighted by atomic mass is 16.2. The van der Waals surface area contributed by atoms with E-state index in [1.54, 1.807) is 11.2 Å². The van der Waals surface area contributed by atoms with E-state index in [4.69, 9.17) is 0 Å². The van der Waals surface area contributed by atoms with Gasteiger partial charge in [0.25, 0.3) is 0 Å². The number of hydrogen-bond acceptors (Lipinski definition) is 4. The molecule has 1 aliphatic heterocycles. The minimum Gasteiger partial charge on any atom is -0.274 e. The van der Waals surface area contributed by atoms with Gasteiger partial charge in [0.1, 0.15) is 6.67 Å². The minimum atomic E-state index is -0.105. The molecule has 1 heterocycles. The van der Waals surface area contributed by atoms with E-state index in [9.17, 15) is 4.79 Å². The van der Waals surface area contributed by atoms with Gasteiger partial charge in [0, 0.05) is 13.1 Å². The molecule has 0 aromatic rings. The van der Waals surface area contributed by atoms with Gasteiger partial charge < -0.3 is 0 Å². The molecule has 0 atom stereocenters. The first kappa shape index (κ1) is 7.71. The zero-order chi connectivity index (χ0) is 8.27. The number of nitrogens with one attached hydrogen (secondary N) is 1. The van der Waals surface area contributed by atoms with Crippen molar-refractivity contribution < 1.29 is 4.79 Å². The number of azo groups is 1. The fraction of sp³-hybridized carbons (Fsp3) is 0.500. The molecule has 0 aromatic carbocycles. The Kier molecular flexibility index (Phi) is 2.20. The number of nitrogens with zero attached hydrogens (tertiary/aromatic N) is 3. The summed E-state index contributed by atoms with van der Waals surface area (Å²) in [6.07, 6.45) is 1.73. The lowest BCUT2D eigenvalue weighted by Gasteiger charge is -2.19. The Morgan fingerprint density at radius 3 is 3.09 bits per heavy atom. The highest BCUT2D eigenvalue weighted by Gasteiger charge is 2.04. The van der Waals surface area contributed by atoms with Crippen molar-refractivity contribution in [3.05, 3.63) is 11.9 Å². The van der Waals surface area contributed by atoms with E-state index in [1.807, 2.05) is 6.92 Å². The lowest BCUT2D eigenvalue weighted by atomic mass is 10.5. The normalized spacial score (nSPS) is 16.2. The molecule has 0 aliphatic carbocycles. The SMILES string of the molecule is CC(=O)NN1C=C(C)N=NC1. The van der Waals surface area contributed by atoms with Crippen LogP contribution in [0.3, 0.4) is 0 Å². The number of carbonyl (C=O) groups excluding carboxylic acids is 1. The van der Waals surface area contributed by atoms with Crippen LogP contribution in [0, 0.1) is 0 Å². The van der Waals surface area contributed by atoms with Crippen LogP contribution < -0.4 is 5.43 Å². The second-order valence-corrected chi connectivity index (χ2v) is 2.29. The summed E-state index contributed by atoms with van der Waals surface area (Å²) in [6, 6.07) is 0. The van der Waals surface area contributed by atoms with Crippen molar-refractivity contribution in [2.24, 2.45) is 10.2 Å². The fourth-order valence-electron chi connectivity index (χ4n) is 0.773. The van der Waals surface area contributed by atoms with Gasteiger partial charge in [0.2, 0.25) is 5.91 Å². The van der Waals surface area contributed by atoms with E-state index in [0.717, 1.165) is 5.70 Å². The maximum Gasteiger partial charge on any atom is 0.235 e. The average Bonchev–Trinajstić information content (AvgIpc) is 1.85. The molecule has 0 bridgehead atoms. The second-order valence-electron chi connectivity index (χ2n) is 2.29. The molecule has 0 radical (unpaired) electrons. The Bertz CT molecular complexity index is 221. The van der Waals surface area contributed by atoms with Crippen molar-refractivity contribution in [1.29, 1.82) is 0 Å². The van der Waals surface area contributed by atoms with Gasteiger partial charge in [0.05, 0.1) is 5.70 Å². The molecule has 0 spiro atoms. The van der Waals surface area contributed by atoms with E-state index in [1.165, 1.54) is 6.92 Å². The topological polar surface area (TPSA) is 57.1 Å². The zero-order valence-electron chi connectivity index (χ0n) is 6.53. The Balaban J connectivity index is 2.50. The summed E-state index contributed by atoms with van der Waals surface area (Å²) in [4.78, 5) is 10.6. The van der Waals surface area contributed by atoms with Gasteiger partial charge in [-0.3, -0.25) is 15.2 Å². The van der Waals surface area contributed by atoms with Gasteiger partial charge >= 0.3 is 0 Å². The molecular weight excluding hydrogens is 144 g/mol. The van der Waals surface area contributed by atoms with Crippen molar-refractivity contribution >= 4 is 5.91 Å². The number of carbonyl (C=O) groups is 1. The van der Waals surface area contributed by atoms with Gasteiger partial charge in [-0.25, -0.2) is 0 Å². The smallest absolute Gasteiger partial charge is 0.235 e. The first-order valence-corrected chi connectivity index (χ1v) is 3.28. The summed E-state index contributed by atoms with van der Waals surface area (Å²) < 4.78 is 0. The van der Waals surface area contributed by atoms with Crippen LogP contribution in [0.1, 0.15) is 13.8 Å². The van der Waals surface area contributed by atoms with Crippen LogP contribution in [0.4, 0.5) is 0 Å². The van der Waals surface area contributed by atoms with Gasteiger partial charge in [-0.15, -0.1) is 0 Å². The number of amides is 1. The number of allylic oxidation sites excluding steroid dienone is 1. The third-order valence-electron chi connectivity index (χ3n) is 1.09. The summed E-state index contributed by atoms with van der Waals surface area (Å²) in [6.45, 7) is 3.66. The largest absolute Gasteiger partial charge is 0.274 e. The molecule has 0 aromatic heterocycles. The van der Waals surface area contributed by atoms with Gasteiger partial charge in [-0.2, -0.15) is 10.2 Å². The maximum atomic E-state index is 10.6. The third-order valence-corrected chi connectivity index (χ3v) is 1.09. The predicted octanol–water partition coefficient (Wildman–Crippen LogP) is 0.624. The predicted molar refractivity (Wildman–Crippen MR) is 39.1 cm³/mol. The van der Waals surface area contributed by atoms with Gasteiger partial charge in [-0.1, -0.05) is 0 Å². The van der Waals surface area contributed by atoms with Crippen LogP contribution in [0.15, 0.2) is 22.1 Å². The third kappa shape index (κ3) is 2.37. The molecule has 5 nitrogen and oxygen atoms in total. The van der Waals surface area contributed by atoms with Crippen LogP contribution >= 0.6 is 0 Å². The maximum absolute atomic E-state index is 10.6. The van der Waals surface area contributed by atoms with Crippen molar-refractivity contribution in [2.75, 3.05) is 6.67 Å². The molecular formula is C6H10N4O. The fourth-order valence-corrected chi connectivity index (χ4v) is 0.773. The van der Waals surface area contributed by atoms with Crippen molar-refractivity contribution in [3.8, 4) is 0 Å². The van der Waals surface area contributed by atoms with Crippen LogP contribution in [-0.4, -0.2) is 17.6 Å². The van der Waals surface area contributed by atoms with Gasteiger partial charge in [0.15, 0.2) is 0 Å². The lowest BCUT2D eigenvalue weighted by molar-refractivity contribution is -0.122. The quantitative estimate of drug-likeness (QED) is 0.602. The number of hydrazine groups is 1. The van der Waals surface area contributed by atoms with Crippen LogP contribution in [-0.2, 0) is 4.79 Å². The van der Waals surface area contributed by atoms with E-state index in [0.29, 0.717) is 6.67 Å². The molecule has 1 amide bonds. The highest BCUT2D eigenvalue weighted by molar-refractivity contribution is 5.72. The molecule has 0 saturated carbocycles. The summed E-state index contributed by atoms with van der Waals surface area (Å²) in [5.41, 5.74) is 3.36. The summed E-state index contributed by atoms with van der Waals surface area (Å²) in [5, 5.41) is 9.13. The van der Waals surface area contributed by atoms with Gasteiger partial charge in [-0.05, 0) is 6.92 Å². The Morgan fingerprint density at radius 2 is 2.55 bits per heavy atom. The van der Waals surface area contributed by atoms with E-state index >= 15 is 0 Å². The molecule has 0 unspecified atom stereocenters. The summed E-state index contributed by atoms with van der Waals surface area (Å²) in [7, 11) is 0. The summed E-state index contributed by atoms with van der Waals surface area (Å²) >= 11 is 0. The van der Waals surface area contributed by atoms with Crippen molar-refractivity contribution in [3.63, 3.8) is 0 Å². The number of hydrogen-bond donors (Lipinski definition) is 1. The second kappa shape index (κ2) is 3.14. The Hall–Kier alpha value is -1.39. The van der Waals surface area contributed by atoms with E-state index in [-0.39, 0.29) is 5.91 Å². The van der Waals surface area contributed by atoms with Crippen LogP contribution in [0.25, 0.3) is 0 Å². The van der Waals surface area contributed by atoms with Crippen molar-refractivity contribution in [1.82, 2.24) is 10.4 Å². The molecule has 60 valence electrons. The van der Waals surface area contributed by atoms with Crippen LogP contribution in [0.2, 0.25) is 0 Å². The lowest BCUT2D eigenvalue weighted by Crippen LogP contribution is -2.37. The summed E-state index contributed by atoms with van der Waals surface area (Å²) in [5.74, 6) is -0.105. The monoisotopic (exact) mass is 154 g/mol. The highest BCUT2D eigenvalue weighted by Crippen LogP contribution is 2.03. The molecule has 0 fully saturated rings. The van der Waals surface area contributed by atoms with E-state index in [2.05, 4.69) is 15.7 Å². The molecule has 1 rings (SSSR count). The molecule has 0 saturated heterocycles. The molecule has 11 heavy (non-hydrogen) atoms. The molecule has 1 N–H and O–H groups in total. The zero-order valence-corrected chi connectivity index (χ0v) is 6.53. The Labute approximate surface area is 64.8 Å². The van der Waals surface area contributed by atoms with Crippen LogP contribution in [0.5, 0.6) is 0 Å². The first-order chi connectivity index (χ1) is 5.18. The standard InChI is InChI=1S/C6H10N4O/c1-5-3-10(4-7-8-5)9-6(2)11/h3H,4H2,1-2H3,(H,9,11).